The molecule has 0 aromatic carbocycles. The van der Waals surface area contributed by atoms with E-state index < -0.39 is 0 Å². The molecule has 0 unspecified atom stereocenters. The van der Waals surface area contributed by atoms with Crippen LogP contribution in [0.25, 0.3) is 0 Å². The van der Waals surface area contributed by atoms with Gasteiger partial charge in [0.05, 0.1) is 0 Å². The van der Waals surface area contributed by atoms with Crippen LogP contribution in [-0.2, 0) is 4.79 Å². The highest BCUT2D eigenvalue weighted by atomic mass is 32.2. The summed E-state index contributed by atoms with van der Waals surface area (Å²) < 4.78 is 0. The number of thioether (sulfide) groups is 1. The summed E-state index contributed by atoms with van der Waals surface area (Å²) in [5, 5.41) is 0.0616. The van der Waals surface area contributed by atoms with Gasteiger partial charge in [-0.15, -0.1) is 0 Å². The Balaban J connectivity index is 3.76. The average Bonchev–Trinajstić information content (AvgIpc) is 2.19. The van der Waals surface area contributed by atoms with Crippen molar-refractivity contribution in [3.63, 3.8) is 0 Å². The predicted molar refractivity (Wildman–Crippen MR) is 64.1 cm³/mol. The third-order valence-electron chi connectivity index (χ3n) is 2.06. The third-order valence-corrected chi connectivity index (χ3v) is 2.98. The molecule has 0 spiro atoms. The highest BCUT2D eigenvalue weighted by Gasteiger charge is 2.11. The lowest BCUT2D eigenvalue weighted by molar-refractivity contribution is -0.128. The van der Waals surface area contributed by atoms with Crippen molar-refractivity contribution in [1.29, 1.82) is 0 Å². The van der Waals surface area contributed by atoms with Crippen LogP contribution in [0.1, 0.15) is 20.3 Å². The van der Waals surface area contributed by atoms with Crippen molar-refractivity contribution in [2.24, 2.45) is 0 Å². The zero-order chi connectivity index (χ0) is 11.8. The highest BCUT2D eigenvalue weighted by Crippen LogP contribution is 2.10. The molecular weight excluding hydrogens is 212 g/mol. The average molecular weight is 232 g/mol. The second kappa shape index (κ2) is 7.56. The van der Waals surface area contributed by atoms with Gasteiger partial charge in [0.1, 0.15) is 0 Å². The molecule has 0 aliphatic carbocycles. The van der Waals surface area contributed by atoms with Crippen LogP contribution in [0.5, 0.6) is 0 Å². The van der Waals surface area contributed by atoms with Crippen molar-refractivity contribution in [2.75, 3.05) is 32.9 Å². The van der Waals surface area contributed by atoms with Crippen LogP contribution in [0.4, 0.5) is 4.79 Å². The first-order valence-electron chi connectivity index (χ1n) is 5.14. The van der Waals surface area contributed by atoms with Gasteiger partial charge >= 0.3 is 0 Å². The normalized spacial score (nSPS) is 9.87. The predicted octanol–water partition coefficient (Wildman–Crippen LogP) is 1.66. The van der Waals surface area contributed by atoms with Crippen molar-refractivity contribution < 1.29 is 9.59 Å². The monoisotopic (exact) mass is 232 g/mol. The fourth-order valence-electron chi connectivity index (χ4n) is 1.02. The van der Waals surface area contributed by atoms with Gasteiger partial charge in [-0.3, -0.25) is 9.59 Å². The number of hydrogen-bond acceptors (Lipinski definition) is 3. The van der Waals surface area contributed by atoms with Crippen LogP contribution in [0, 0.1) is 0 Å². The minimum Gasteiger partial charge on any atom is -0.349 e. The Morgan fingerprint density at radius 2 is 1.67 bits per heavy atom. The van der Waals surface area contributed by atoms with Crippen LogP contribution in [-0.4, -0.2) is 53.9 Å². The first-order valence-corrected chi connectivity index (χ1v) is 6.13. The molecule has 4 nitrogen and oxygen atoms in total. The van der Waals surface area contributed by atoms with Crippen LogP contribution < -0.4 is 0 Å². The molecule has 0 saturated carbocycles. The van der Waals surface area contributed by atoms with Crippen molar-refractivity contribution in [2.45, 2.75) is 20.3 Å². The van der Waals surface area contributed by atoms with Gasteiger partial charge in [-0.1, -0.05) is 11.8 Å². The molecule has 0 aliphatic heterocycles. The molecule has 0 atom stereocenters. The number of carbonyl (C=O) groups is 2. The lowest BCUT2D eigenvalue weighted by Gasteiger charge is -2.17. The van der Waals surface area contributed by atoms with Gasteiger partial charge in [0.25, 0.3) is 5.24 Å². The molecule has 0 N–H and O–H groups in total. The molecule has 0 aliphatic rings. The molecule has 5 heteroatoms. The van der Waals surface area contributed by atoms with E-state index in [1.807, 2.05) is 13.8 Å². The summed E-state index contributed by atoms with van der Waals surface area (Å²) >= 11 is 1.22. The molecular formula is C10H20N2O2S. The smallest absolute Gasteiger partial charge is 0.281 e. The number of carbonyl (C=O) groups excluding carboxylic acids is 2. The van der Waals surface area contributed by atoms with Gasteiger partial charge in [0, 0.05) is 39.4 Å². The zero-order valence-corrected chi connectivity index (χ0v) is 10.8. The van der Waals surface area contributed by atoms with Gasteiger partial charge in [0.15, 0.2) is 0 Å². The van der Waals surface area contributed by atoms with E-state index in [2.05, 4.69) is 0 Å². The van der Waals surface area contributed by atoms with E-state index in [9.17, 15) is 9.59 Å². The summed E-state index contributed by atoms with van der Waals surface area (Å²) in [6.07, 6.45) is 0.421. The van der Waals surface area contributed by atoms with E-state index in [4.69, 9.17) is 0 Å². The van der Waals surface area contributed by atoms with Crippen molar-refractivity contribution in [3.8, 4) is 0 Å². The van der Waals surface area contributed by atoms with Crippen LogP contribution in [0.15, 0.2) is 0 Å². The van der Waals surface area contributed by atoms with Crippen molar-refractivity contribution in [3.05, 3.63) is 0 Å². The number of hydrogen-bond donors (Lipinski definition) is 0. The molecule has 2 amide bonds. The molecule has 0 heterocycles. The lowest BCUT2D eigenvalue weighted by Crippen LogP contribution is -2.27. The second-order valence-corrected chi connectivity index (χ2v) is 4.37. The fourth-order valence-corrected chi connectivity index (χ4v) is 1.91. The Kier molecular flexibility index (Phi) is 7.21. The molecule has 0 aromatic rings. The second-order valence-electron chi connectivity index (χ2n) is 3.32. The molecule has 0 rings (SSSR count). The zero-order valence-electron chi connectivity index (χ0n) is 9.95. The summed E-state index contributed by atoms with van der Waals surface area (Å²) in [5.74, 6) is 0.627. The standard InChI is InChI=1S/C10H20N2O2S/c1-5-12(6-2)10(14)15-8-7-9(13)11(3)4/h5-8H2,1-4H3. The number of amides is 2. The molecule has 15 heavy (non-hydrogen) atoms. The summed E-state index contributed by atoms with van der Waals surface area (Å²) in [5.41, 5.74) is 0. The van der Waals surface area contributed by atoms with Crippen LogP contribution >= 0.6 is 11.8 Å². The molecule has 0 saturated heterocycles. The number of rotatable bonds is 5. The topological polar surface area (TPSA) is 40.6 Å². The molecule has 0 radical (unpaired) electrons. The van der Waals surface area contributed by atoms with Gasteiger partial charge in [-0.05, 0) is 13.8 Å². The van der Waals surface area contributed by atoms with Crippen molar-refractivity contribution in [1.82, 2.24) is 9.80 Å². The minimum atomic E-state index is 0.0616. The van der Waals surface area contributed by atoms with Gasteiger partial charge in [-0.2, -0.15) is 0 Å². The van der Waals surface area contributed by atoms with E-state index in [-0.39, 0.29) is 11.1 Å². The lowest BCUT2D eigenvalue weighted by atomic mass is 10.4. The maximum absolute atomic E-state index is 11.5. The first kappa shape index (κ1) is 14.3. The van der Waals surface area contributed by atoms with E-state index >= 15 is 0 Å². The Morgan fingerprint density at radius 3 is 2.07 bits per heavy atom. The van der Waals surface area contributed by atoms with Gasteiger partial charge in [0.2, 0.25) is 5.91 Å². The van der Waals surface area contributed by atoms with Crippen LogP contribution in [0.3, 0.4) is 0 Å². The fraction of sp³-hybridized carbons (Fsp3) is 0.800. The SMILES string of the molecule is CCN(CC)C(=O)SCCC(=O)N(C)C. The quantitative estimate of drug-likeness (QED) is 0.724. The molecule has 0 aromatic heterocycles. The maximum Gasteiger partial charge on any atom is 0.281 e. The van der Waals surface area contributed by atoms with E-state index in [0.29, 0.717) is 12.2 Å². The van der Waals surface area contributed by atoms with E-state index in [1.54, 1.807) is 23.9 Å². The summed E-state index contributed by atoms with van der Waals surface area (Å²) in [4.78, 5) is 26.0. The van der Waals surface area contributed by atoms with Crippen molar-refractivity contribution >= 4 is 22.9 Å². The Labute approximate surface area is 96.0 Å². The minimum absolute atomic E-state index is 0.0616. The summed E-state index contributed by atoms with van der Waals surface area (Å²) in [6.45, 7) is 5.35. The molecule has 0 fully saturated rings. The highest BCUT2D eigenvalue weighted by molar-refractivity contribution is 8.13. The largest absolute Gasteiger partial charge is 0.349 e. The molecule has 0 bridgehead atoms. The Morgan fingerprint density at radius 1 is 1.13 bits per heavy atom. The van der Waals surface area contributed by atoms with E-state index in [0.717, 1.165) is 13.1 Å². The number of nitrogens with zero attached hydrogens (tertiary/aromatic N) is 2. The van der Waals surface area contributed by atoms with E-state index in [1.165, 1.54) is 11.8 Å². The molecule has 88 valence electrons. The van der Waals surface area contributed by atoms with Gasteiger partial charge in [-0.25, -0.2) is 0 Å². The third kappa shape index (κ3) is 5.67. The van der Waals surface area contributed by atoms with Crippen LogP contribution in [0.2, 0.25) is 0 Å². The summed E-state index contributed by atoms with van der Waals surface area (Å²) in [6, 6.07) is 0. The summed E-state index contributed by atoms with van der Waals surface area (Å²) in [7, 11) is 3.44. The maximum atomic E-state index is 11.5. The Bertz CT molecular complexity index is 215. The first-order chi connectivity index (χ1) is 7.02. The Hall–Kier alpha value is -0.710. The van der Waals surface area contributed by atoms with Gasteiger partial charge < -0.3 is 9.80 Å².